The molecule has 1 aliphatic carbocycles. The van der Waals surface area contributed by atoms with Crippen LogP contribution in [0.2, 0.25) is 0 Å². The molecule has 5 heteroatoms. The first kappa shape index (κ1) is 13.5. The summed E-state index contributed by atoms with van der Waals surface area (Å²) < 4.78 is 27.1. The number of benzene rings is 1. The number of hydrogen-bond acceptors (Lipinski definition) is 3. The number of nitrogens with one attached hydrogen (secondary N) is 1. The number of aliphatic hydroxyl groups is 1. The second-order valence-corrected chi connectivity index (χ2v) is 6.65. The fourth-order valence-corrected chi connectivity index (χ4v) is 3.74. The standard InChI is InChI=1S/C13H19NO3S/c1-10-3-2-4-13(10)14-18(16,17)12-7-5-11(9-15)6-8-12/h5-8,10,13-15H,2-4,9H2,1H3. The molecule has 0 amide bonds. The molecule has 18 heavy (non-hydrogen) atoms. The van der Waals surface area contributed by atoms with E-state index in [2.05, 4.69) is 11.6 Å². The average Bonchev–Trinajstić information content (AvgIpc) is 2.74. The highest BCUT2D eigenvalue weighted by atomic mass is 32.2. The Bertz CT molecular complexity index is 495. The molecule has 0 heterocycles. The SMILES string of the molecule is CC1CCCC1NS(=O)(=O)c1ccc(CO)cc1. The molecule has 100 valence electrons. The lowest BCUT2D eigenvalue weighted by Gasteiger charge is -2.17. The predicted octanol–water partition coefficient (Wildman–Crippen LogP) is 1.65. The van der Waals surface area contributed by atoms with E-state index in [-0.39, 0.29) is 17.5 Å². The predicted molar refractivity (Wildman–Crippen MR) is 69.5 cm³/mol. The van der Waals surface area contributed by atoms with E-state index in [1.54, 1.807) is 12.1 Å². The summed E-state index contributed by atoms with van der Waals surface area (Å²) in [5.41, 5.74) is 0.711. The number of aliphatic hydroxyl groups excluding tert-OH is 1. The van der Waals surface area contributed by atoms with E-state index in [0.717, 1.165) is 19.3 Å². The van der Waals surface area contributed by atoms with E-state index in [1.165, 1.54) is 12.1 Å². The largest absolute Gasteiger partial charge is 0.392 e. The molecular weight excluding hydrogens is 250 g/mol. The van der Waals surface area contributed by atoms with Crippen LogP contribution >= 0.6 is 0 Å². The minimum atomic E-state index is -3.43. The summed E-state index contributed by atoms with van der Waals surface area (Å²) in [6.45, 7) is 2.00. The topological polar surface area (TPSA) is 66.4 Å². The summed E-state index contributed by atoms with van der Waals surface area (Å²) >= 11 is 0. The van der Waals surface area contributed by atoms with Gasteiger partial charge in [-0.1, -0.05) is 25.5 Å². The van der Waals surface area contributed by atoms with Crippen LogP contribution < -0.4 is 4.72 Å². The van der Waals surface area contributed by atoms with Crippen LogP contribution in [0.15, 0.2) is 29.2 Å². The minimum Gasteiger partial charge on any atom is -0.392 e. The fraction of sp³-hybridized carbons (Fsp3) is 0.538. The summed E-state index contributed by atoms with van der Waals surface area (Å²) in [7, 11) is -3.43. The van der Waals surface area contributed by atoms with Crippen molar-refractivity contribution in [3.05, 3.63) is 29.8 Å². The first-order valence-electron chi connectivity index (χ1n) is 6.25. The van der Waals surface area contributed by atoms with Crippen molar-refractivity contribution in [1.29, 1.82) is 0 Å². The lowest BCUT2D eigenvalue weighted by molar-refractivity contribution is 0.282. The van der Waals surface area contributed by atoms with Crippen molar-refractivity contribution in [2.45, 2.75) is 43.7 Å². The molecule has 1 aromatic rings. The van der Waals surface area contributed by atoms with Gasteiger partial charge in [0.2, 0.25) is 10.0 Å². The summed E-state index contributed by atoms with van der Waals surface area (Å²) in [4.78, 5) is 0.263. The van der Waals surface area contributed by atoms with Crippen LogP contribution in [0.1, 0.15) is 31.7 Å². The fourth-order valence-electron chi connectivity index (χ4n) is 2.36. The third-order valence-corrected chi connectivity index (χ3v) is 5.09. The van der Waals surface area contributed by atoms with Gasteiger partial charge >= 0.3 is 0 Å². The van der Waals surface area contributed by atoms with Crippen LogP contribution in [-0.2, 0) is 16.6 Å². The smallest absolute Gasteiger partial charge is 0.240 e. The molecule has 1 saturated carbocycles. The third-order valence-electron chi connectivity index (χ3n) is 3.58. The molecule has 2 rings (SSSR count). The Hall–Kier alpha value is -0.910. The Morgan fingerprint density at radius 1 is 1.28 bits per heavy atom. The van der Waals surface area contributed by atoms with Crippen molar-refractivity contribution in [1.82, 2.24) is 4.72 Å². The van der Waals surface area contributed by atoms with Crippen molar-refractivity contribution < 1.29 is 13.5 Å². The highest BCUT2D eigenvalue weighted by molar-refractivity contribution is 7.89. The number of hydrogen-bond donors (Lipinski definition) is 2. The molecule has 1 aliphatic rings. The quantitative estimate of drug-likeness (QED) is 0.873. The van der Waals surface area contributed by atoms with Crippen LogP contribution in [0.4, 0.5) is 0 Å². The van der Waals surface area contributed by atoms with Crippen molar-refractivity contribution in [2.24, 2.45) is 5.92 Å². The van der Waals surface area contributed by atoms with Gasteiger partial charge in [-0.2, -0.15) is 0 Å². The summed E-state index contributed by atoms with van der Waals surface area (Å²) in [5, 5.41) is 8.93. The molecule has 0 radical (unpaired) electrons. The first-order chi connectivity index (χ1) is 8.53. The van der Waals surface area contributed by atoms with Crippen LogP contribution in [0.5, 0.6) is 0 Å². The molecule has 1 fully saturated rings. The highest BCUT2D eigenvalue weighted by Crippen LogP contribution is 2.26. The van der Waals surface area contributed by atoms with E-state index >= 15 is 0 Å². The molecule has 0 aliphatic heterocycles. The molecule has 2 unspecified atom stereocenters. The van der Waals surface area contributed by atoms with Gasteiger partial charge in [0.25, 0.3) is 0 Å². The van der Waals surface area contributed by atoms with Gasteiger partial charge in [0.05, 0.1) is 11.5 Å². The second-order valence-electron chi connectivity index (χ2n) is 4.94. The van der Waals surface area contributed by atoms with Crippen LogP contribution in [0.3, 0.4) is 0 Å². The van der Waals surface area contributed by atoms with Crippen LogP contribution in [-0.4, -0.2) is 19.6 Å². The maximum Gasteiger partial charge on any atom is 0.240 e. The molecule has 1 aromatic carbocycles. The molecule has 0 saturated heterocycles. The van der Waals surface area contributed by atoms with Crippen molar-refractivity contribution in [2.75, 3.05) is 0 Å². The summed E-state index contributed by atoms with van der Waals surface area (Å²) in [6, 6.07) is 6.38. The second kappa shape index (κ2) is 5.38. The van der Waals surface area contributed by atoms with Gasteiger partial charge < -0.3 is 5.11 Å². The van der Waals surface area contributed by atoms with Crippen molar-refractivity contribution in [3.63, 3.8) is 0 Å². The normalized spacial score (nSPS) is 24.3. The Morgan fingerprint density at radius 3 is 2.44 bits per heavy atom. The maximum absolute atomic E-state index is 12.2. The molecule has 2 N–H and O–H groups in total. The third kappa shape index (κ3) is 2.91. The Balaban J connectivity index is 2.14. The molecule has 0 aromatic heterocycles. The Morgan fingerprint density at radius 2 is 1.94 bits per heavy atom. The lowest BCUT2D eigenvalue weighted by atomic mass is 10.1. The highest BCUT2D eigenvalue weighted by Gasteiger charge is 2.28. The van der Waals surface area contributed by atoms with Gasteiger partial charge in [-0.25, -0.2) is 13.1 Å². The van der Waals surface area contributed by atoms with Crippen molar-refractivity contribution in [3.8, 4) is 0 Å². The van der Waals surface area contributed by atoms with E-state index < -0.39 is 10.0 Å². The monoisotopic (exact) mass is 269 g/mol. The van der Waals surface area contributed by atoms with Crippen LogP contribution in [0.25, 0.3) is 0 Å². The van der Waals surface area contributed by atoms with Gasteiger partial charge in [-0.3, -0.25) is 0 Å². The van der Waals surface area contributed by atoms with Crippen molar-refractivity contribution >= 4 is 10.0 Å². The molecule has 2 atom stereocenters. The Labute approximate surface area is 108 Å². The van der Waals surface area contributed by atoms with E-state index in [4.69, 9.17) is 5.11 Å². The Kier molecular flexibility index (Phi) is 4.04. The van der Waals surface area contributed by atoms with Gasteiger partial charge in [0, 0.05) is 6.04 Å². The zero-order chi connectivity index (χ0) is 13.2. The van der Waals surface area contributed by atoms with Gasteiger partial charge in [-0.15, -0.1) is 0 Å². The number of sulfonamides is 1. The molecule has 0 bridgehead atoms. The lowest BCUT2D eigenvalue weighted by Crippen LogP contribution is -2.36. The minimum absolute atomic E-state index is 0.0486. The van der Waals surface area contributed by atoms with Gasteiger partial charge in [0.1, 0.15) is 0 Å². The molecule has 4 nitrogen and oxygen atoms in total. The summed E-state index contributed by atoms with van der Waals surface area (Å²) in [6.07, 6.45) is 3.07. The average molecular weight is 269 g/mol. The summed E-state index contributed by atoms with van der Waals surface area (Å²) in [5.74, 6) is 0.400. The zero-order valence-electron chi connectivity index (χ0n) is 10.5. The van der Waals surface area contributed by atoms with Gasteiger partial charge in [-0.05, 0) is 36.5 Å². The first-order valence-corrected chi connectivity index (χ1v) is 7.73. The molecular formula is C13H19NO3S. The zero-order valence-corrected chi connectivity index (χ0v) is 11.3. The number of rotatable bonds is 4. The van der Waals surface area contributed by atoms with E-state index in [1.807, 2.05) is 0 Å². The van der Waals surface area contributed by atoms with Crippen LogP contribution in [0, 0.1) is 5.92 Å². The van der Waals surface area contributed by atoms with E-state index in [9.17, 15) is 8.42 Å². The molecule has 0 spiro atoms. The van der Waals surface area contributed by atoms with Gasteiger partial charge in [0.15, 0.2) is 0 Å². The van der Waals surface area contributed by atoms with E-state index in [0.29, 0.717) is 11.5 Å². The maximum atomic E-state index is 12.2.